The van der Waals surface area contributed by atoms with Gasteiger partial charge in [-0.25, -0.2) is 0 Å². The van der Waals surface area contributed by atoms with Gasteiger partial charge in [0.15, 0.2) is 5.78 Å². The molecule has 4 heteroatoms. The normalized spacial score (nSPS) is 10.1. The minimum absolute atomic E-state index is 0.134. The number of benzene rings is 2. The van der Waals surface area contributed by atoms with Crippen molar-refractivity contribution in [1.29, 1.82) is 0 Å². The highest BCUT2D eigenvalue weighted by molar-refractivity contribution is 5.95. The Morgan fingerprint density at radius 1 is 0.818 bits per heavy atom. The third-order valence-electron chi connectivity index (χ3n) is 3.18. The molecule has 0 aliphatic carbocycles. The van der Waals surface area contributed by atoms with Crippen molar-refractivity contribution < 1.29 is 19.0 Å². The Kier molecular flexibility index (Phi) is 5.83. The maximum absolute atomic E-state index is 11.5. The molecule has 2 rings (SSSR count). The van der Waals surface area contributed by atoms with Gasteiger partial charge in [-0.05, 0) is 48.5 Å². The second-order valence-corrected chi connectivity index (χ2v) is 4.67. The van der Waals surface area contributed by atoms with E-state index >= 15 is 0 Å². The van der Waals surface area contributed by atoms with Crippen LogP contribution in [0, 0.1) is 0 Å². The first-order valence-corrected chi connectivity index (χ1v) is 7.26. The van der Waals surface area contributed by atoms with Crippen molar-refractivity contribution in [3.8, 4) is 17.2 Å². The van der Waals surface area contributed by atoms with Gasteiger partial charge in [0.1, 0.15) is 30.5 Å². The van der Waals surface area contributed by atoms with Crippen LogP contribution in [0.3, 0.4) is 0 Å². The standard InChI is InChI=1S/C18H20O4/c1-3-18(19)14-4-6-16(7-5-14)21-12-13-22-17-10-8-15(20-2)9-11-17/h4-11H,3,12-13H2,1-2H3. The van der Waals surface area contributed by atoms with Crippen molar-refractivity contribution in [2.24, 2.45) is 0 Å². The summed E-state index contributed by atoms with van der Waals surface area (Å²) in [5.41, 5.74) is 0.712. The van der Waals surface area contributed by atoms with Crippen LogP contribution in [0.2, 0.25) is 0 Å². The van der Waals surface area contributed by atoms with Gasteiger partial charge in [-0.2, -0.15) is 0 Å². The average Bonchev–Trinajstić information content (AvgIpc) is 2.59. The third kappa shape index (κ3) is 4.52. The largest absolute Gasteiger partial charge is 0.497 e. The molecule has 0 radical (unpaired) electrons. The fourth-order valence-electron chi connectivity index (χ4n) is 1.93. The fraction of sp³-hybridized carbons (Fsp3) is 0.278. The summed E-state index contributed by atoms with van der Waals surface area (Å²) < 4.78 is 16.2. The Morgan fingerprint density at radius 3 is 1.73 bits per heavy atom. The van der Waals surface area contributed by atoms with Gasteiger partial charge in [-0.15, -0.1) is 0 Å². The molecule has 116 valence electrons. The fourth-order valence-corrected chi connectivity index (χ4v) is 1.93. The topological polar surface area (TPSA) is 44.8 Å². The summed E-state index contributed by atoms with van der Waals surface area (Å²) in [6.45, 7) is 2.73. The van der Waals surface area contributed by atoms with E-state index in [-0.39, 0.29) is 5.78 Å². The van der Waals surface area contributed by atoms with Crippen molar-refractivity contribution in [1.82, 2.24) is 0 Å². The summed E-state index contributed by atoms with van der Waals surface area (Å²) >= 11 is 0. The number of hydrogen-bond donors (Lipinski definition) is 0. The van der Waals surface area contributed by atoms with E-state index in [4.69, 9.17) is 14.2 Å². The van der Waals surface area contributed by atoms with E-state index in [0.717, 1.165) is 17.2 Å². The molecule has 0 unspecified atom stereocenters. The molecule has 0 aliphatic rings. The molecule has 0 aromatic heterocycles. The lowest BCUT2D eigenvalue weighted by molar-refractivity contribution is 0.0988. The SMILES string of the molecule is CCC(=O)c1ccc(OCCOc2ccc(OC)cc2)cc1. The van der Waals surface area contributed by atoms with E-state index in [1.807, 2.05) is 31.2 Å². The first kappa shape index (κ1) is 15.9. The van der Waals surface area contributed by atoms with Gasteiger partial charge in [-0.3, -0.25) is 4.79 Å². The van der Waals surface area contributed by atoms with E-state index in [1.165, 1.54) is 0 Å². The average molecular weight is 300 g/mol. The molecule has 0 aliphatic heterocycles. The molecule has 0 saturated carbocycles. The lowest BCUT2D eigenvalue weighted by Gasteiger charge is -2.09. The van der Waals surface area contributed by atoms with Gasteiger partial charge >= 0.3 is 0 Å². The summed E-state index contributed by atoms with van der Waals surface area (Å²) in [5.74, 6) is 2.43. The predicted molar refractivity (Wildman–Crippen MR) is 85.0 cm³/mol. The van der Waals surface area contributed by atoms with Crippen LogP contribution in [0.5, 0.6) is 17.2 Å². The second-order valence-electron chi connectivity index (χ2n) is 4.67. The van der Waals surface area contributed by atoms with Gasteiger partial charge < -0.3 is 14.2 Å². The molecule has 0 heterocycles. The minimum Gasteiger partial charge on any atom is -0.497 e. The molecule has 0 bridgehead atoms. The van der Waals surface area contributed by atoms with Gasteiger partial charge in [0.05, 0.1) is 7.11 Å². The predicted octanol–water partition coefficient (Wildman–Crippen LogP) is 3.75. The smallest absolute Gasteiger partial charge is 0.162 e. The lowest BCUT2D eigenvalue weighted by atomic mass is 10.1. The van der Waals surface area contributed by atoms with Crippen LogP contribution < -0.4 is 14.2 Å². The van der Waals surface area contributed by atoms with Crippen molar-refractivity contribution in [2.45, 2.75) is 13.3 Å². The van der Waals surface area contributed by atoms with E-state index in [1.54, 1.807) is 31.4 Å². The Balaban J connectivity index is 1.75. The van der Waals surface area contributed by atoms with Crippen molar-refractivity contribution in [3.63, 3.8) is 0 Å². The zero-order chi connectivity index (χ0) is 15.8. The quantitative estimate of drug-likeness (QED) is 0.550. The molecule has 2 aromatic carbocycles. The maximum atomic E-state index is 11.5. The number of hydrogen-bond acceptors (Lipinski definition) is 4. The minimum atomic E-state index is 0.134. The van der Waals surface area contributed by atoms with Crippen LogP contribution >= 0.6 is 0 Å². The molecule has 0 atom stereocenters. The van der Waals surface area contributed by atoms with Crippen LogP contribution in [0.25, 0.3) is 0 Å². The van der Waals surface area contributed by atoms with Crippen LogP contribution in [-0.2, 0) is 0 Å². The Labute approximate surface area is 130 Å². The molecular formula is C18H20O4. The van der Waals surface area contributed by atoms with Crippen molar-refractivity contribution in [3.05, 3.63) is 54.1 Å². The van der Waals surface area contributed by atoms with Gasteiger partial charge in [0, 0.05) is 12.0 Å². The van der Waals surface area contributed by atoms with E-state index in [9.17, 15) is 4.79 Å². The molecule has 0 N–H and O–H groups in total. The van der Waals surface area contributed by atoms with Gasteiger partial charge in [0.2, 0.25) is 0 Å². The Bertz CT molecular complexity index is 587. The number of ketones is 1. The highest BCUT2D eigenvalue weighted by atomic mass is 16.5. The molecule has 4 nitrogen and oxygen atoms in total. The highest BCUT2D eigenvalue weighted by Crippen LogP contribution is 2.17. The molecule has 0 amide bonds. The Morgan fingerprint density at radius 2 is 1.27 bits per heavy atom. The Hall–Kier alpha value is -2.49. The van der Waals surface area contributed by atoms with Crippen LogP contribution in [0.4, 0.5) is 0 Å². The molecule has 2 aromatic rings. The first-order valence-electron chi connectivity index (χ1n) is 7.26. The van der Waals surface area contributed by atoms with Gasteiger partial charge in [-0.1, -0.05) is 6.92 Å². The van der Waals surface area contributed by atoms with E-state index in [0.29, 0.717) is 25.2 Å². The summed E-state index contributed by atoms with van der Waals surface area (Å²) in [4.78, 5) is 11.5. The summed E-state index contributed by atoms with van der Waals surface area (Å²) in [7, 11) is 1.63. The van der Waals surface area contributed by atoms with Crippen LogP contribution in [-0.4, -0.2) is 26.1 Å². The number of carbonyl (C=O) groups is 1. The van der Waals surface area contributed by atoms with Gasteiger partial charge in [0.25, 0.3) is 0 Å². The third-order valence-corrected chi connectivity index (χ3v) is 3.18. The van der Waals surface area contributed by atoms with Crippen LogP contribution in [0.1, 0.15) is 23.7 Å². The monoisotopic (exact) mass is 300 g/mol. The molecule has 0 fully saturated rings. The van der Waals surface area contributed by atoms with E-state index in [2.05, 4.69) is 0 Å². The number of carbonyl (C=O) groups excluding carboxylic acids is 1. The first-order chi connectivity index (χ1) is 10.7. The van der Waals surface area contributed by atoms with Crippen LogP contribution in [0.15, 0.2) is 48.5 Å². The molecule has 0 saturated heterocycles. The summed E-state index contributed by atoms with van der Waals surface area (Å²) in [6, 6.07) is 14.6. The highest BCUT2D eigenvalue weighted by Gasteiger charge is 2.03. The van der Waals surface area contributed by atoms with Crippen molar-refractivity contribution >= 4 is 5.78 Å². The van der Waals surface area contributed by atoms with E-state index < -0.39 is 0 Å². The summed E-state index contributed by atoms with van der Waals surface area (Å²) in [6.07, 6.45) is 0.510. The maximum Gasteiger partial charge on any atom is 0.162 e. The second kappa shape index (κ2) is 8.08. The number of Topliss-reactive ketones (excluding diaryl/α,β-unsaturated/α-hetero) is 1. The summed E-state index contributed by atoms with van der Waals surface area (Å²) in [5, 5.41) is 0. The molecule has 22 heavy (non-hydrogen) atoms. The zero-order valence-electron chi connectivity index (χ0n) is 12.9. The lowest BCUT2D eigenvalue weighted by Crippen LogP contribution is -2.09. The molecule has 0 spiro atoms. The number of ether oxygens (including phenoxy) is 3. The number of rotatable bonds is 8. The number of methoxy groups -OCH3 is 1. The van der Waals surface area contributed by atoms with Crippen molar-refractivity contribution in [2.75, 3.05) is 20.3 Å². The zero-order valence-corrected chi connectivity index (χ0v) is 12.9. The molecular weight excluding hydrogens is 280 g/mol.